The number of aromatic nitrogens is 3. The third kappa shape index (κ3) is 3.83. The zero-order chi connectivity index (χ0) is 19.3. The van der Waals surface area contributed by atoms with Crippen LogP contribution in [0.25, 0.3) is 22.6 Å². The van der Waals surface area contributed by atoms with Gasteiger partial charge in [-0.25, -0.2) is 19.2 Å². The van der Waals surface area contributed by atoms with Gasteiger partial charge in [0, 0.05) is 30.5 Å². The van der Waals surface area contributed by atoms with Crippen molar-refractivity contribution in [3.05, 3.63) is 78.7 Å². The first kappa shape index (κ1) is 17.7. The van der Waals surface area contributed by atoms with E-state index in [1.807, 2.05) is 47.0 Å². The van der Waals surface area contributed by atoms with Crippen LogP contribution in [0.5, 0.6) is 0 Å². The number of imidazole rings is 1. The van der Waals surface area contributed by atoms with Crippen LogP contribution >= 0.6 is 0 Å². The second-order valence-electron chi connectivity index (χ2n) is 6.19. The Morgan fingerprint density at radius 1 is 1.00 bits per heavy atom. The number of pyridine rings is 1. The maximum absolute atomic E-state index is 12.9. The molecule has 2 N–H and O–H groups in total. The van der Waals surface area contributed by atoms with Gasteiger partial charge in [0.25, 0.3) is 0 Å². The molecule has 6 nitrogen and oxygen atoms in total. The minimum atomic E-state index is -0.356. The summed E-state index contributed by atoms with van der Waals surface area (Å²) in [7, 11) is 0. The van der Waals surface area contributed by atoms with E-state index in [2.05, 4.69) is 15.6 Å². The lowest BCUT2D eigenvalue weighted by atomic mass is 10.2. The van der Waals surface area contributed by atoms with Crippen LogP contribution in [-0.4, -0.2) is 27.1 Å². The second-order valence-corrected chi connectivity index (χ2v) is 6.19. The number of carbonyl (C=O) groups is 1. The van der Waals surface area contributed by atoms with Crippen LogP contribution in [0, 0.1) is 5.82 Å². The first-order chi connectivity index (χ1) is 13.7. The highest BCUT2D eigenvalue weighted by molar-refractivity contribution is 5.89. The number of anilines is 1. The Kier molecular flexibility index (Phi) is 4.97. The minimum Gasteiger partial charge on any atom is -0.336 e. The molecule has 0 aliphatic heterocycles. The molecule has 140 valence electrons. The largest absolute Gasteiger partial charge is 0.336 e. The Morgan fingerprint density at radius 2 is 1.79 bits per heavy atom. The molecular weight excluding hydrogens is 357 g/mol. The van der Waals surface area contributed by atoms with Crippen molar-refractivity contribution in [3.8, 4) is 11.4 Å². The van der Waals surface area contributed by atoms with E-state index in [4.69, 9.17) is 4.98 Å². The second kappa shape index (κ2) is 7.87. The summed E-state index contributed by atoms with van der Waals surface area (Å²) in [6, 6.07) is 18.9. The number of nitrogens with one attached hydrogen (secondary N) is 2. The van der Waals surface area contributed by atoms with Gasteiger partial charge in [-0.15, -0.1) is 0 Å². The van der Waals surface area contributed by atoms with Crippen LogP contribution < -0.4 is 10.6 Å². The fourth-order valence-corrected chi connectivity index (χ4v) is 2.97. The van der Waals surface area contributed by atoms with E-state index < -0.39 is 0 Å². The van der Waals surface area contributed by atoms with Crippen molar-refractivity contribution in [2.24, 2.45) is 0 Å². The Labute approximate surface area is 161 Å². The molecule has 0 bridgehead atoms. The lowest BCUT2D eigenvalue weighted by Gasteiger charge is -2.11. The van der Waals surface area contributed by atoms with Crippen LogP contribution in [0.1, 0.15) is 0 Å². The van der Waals surface area contributed by atoms with Gasteiger partial charge < -0.3 is 15.2 Å². The van der Waals surface area contributed by atoms with Crippen molar-refractivity contribution < 1.29 is 9.18 Å². The number of benzene rings is 2. The van der Waals surface area contributed by atoms with Crippen molar-refractivity contribution in [2.45, 2.75) is 6.54 Å². The highest BCUT2D eigenvalue weighted by atomic mass is 19.1. The van der Waals surface area contributed by atoms with E-state index in [0.29, 0.717) is 18.8 Å². The normalized spacial score (nSPS) is 10.8. The molecule has 2 aromatic heterocycles. The fourth-order valence-electron chi connectivity index (χ4n) is 2.97. The highest BCUT2D eigenvalue weighted by Gasteiger charge is 2.13. The van der Waals surface area contributed by atoms with Gasteiger partial charge in [0.1, 0.15) is 17.2 Å². The van der Waals surface area contributed by atoms with Crippen molar-refractivity contribution >= 4 is 22.9 Å². The number of hydrogen-bond donors (Lipinski definition) is 2. The SMILES string of the molecule is O=C(NCCn1c(-c2ccccc2)nc2cccnc21)Nc1ccc(F)cc1. The van der Waals surface area contributed by atoms with Gasteiger partial charge in [-0.05, 0) is 36.4 Å². The number of fused-ring (bicyclic) bond motifs is 1. The molecule has 7 heteroatoms. The van der Waals surface area contributed by atoms with Crippen LogP contribution in [0.2, 0.25) is 0 Å². The molecular formula is C21H18FN5O. The minimum absolute atomic E-state index is 0.348. The van der Waals surface area contributed by atoms with Crippen LogP contribution in [0.4, 0.5) is 14.9 Å². The maximum Gasteiger partial charge on any atom is 0.319 e. The summed E-state index contributed by atoms with van der Waals surface area (Å²) >= 11 is 0. The predicted octanol–water partition coefficient (Wildman–Crippen LogP) is 4.06. The number of halogens is 1. The maximum atomic E-state index is 12.9. The number of carbonyl (C=O) groups excluding carboxylic acids is 1. The zero-order valence-electron chi connectivity index (χ0n) is 15.0. The summed E-state index contributed by atoms with van der Waals surface area (Å²) in [6.07, 6.45) is 1.73. The molecule has 0 radical (unpaired) electrons. The lowest BCUT2D eigenvalue weighted by Crippen LogP contribution is -2.31. The van der Waals surface area contributed by atoms with Gasteiger partial charge in [-0.1, -0.05) is 30.3 Å². The Balaban J connectivity index is 1.48. The van der Waals surface area contributed by atoms with E-state index in [1.54, 1.807) is 6.20 Å². The molecule has 2 amide bonds. The van der Waals surface area contributed by atoms with Crippen LogP contribution in [-0.2, 0) is 6.54 Å². The van der Waals surface area contributed by atoms with Gasteiger partial charge >= 0.3 is 6.03 Å². The molecule has 2 aromatic carbocycles. The molecule has 0 spiro atoms. The monoisotopic (exact) mass is 375 g/mol. The molecule has 0 aliphatic carbocycles. The quantitative estimate of drug-likeness (QED) is 0.553. The molecule has 4 rings (SSSR count). The molecule has 0 aliphatic rings. The summed E-state index contributed by atoms with van der Waals surface area (Å²) < 4.78 is 14.9. The standard InChI is InChI=1S/C21H18FN5O/c22-16-8-10-17(11-9-16)25-21(28)24-13-14-27-19(15-5-2-1-3-6-15)26-18-7-4-12-23-20(18)27/h1-12H,13-14H2,(H2,24,25,28). The fraction of sp³-hybridized carbons (Fsp3) is 0.0952. The van der Waals surface area contributed by atoms with E-state index in [9.17, 15) is 9.18 Å². The number of nitrogens with zero attached hydrogens (tertiary/aromatic N) is 3. The van der Waals surface area contributed by atoms with Crippen molar-refractivity contribution in [1.82, 2.24) is 19.9 Å². The van der Waals surface area contributed by atoms with Crippen LogP contribution in [0.3, 0.4) is 0 Å². The van der Waals surface area contributed by atoms with Gasteiger partial charge in [0.2, 0.25) is 0 Å². The third-order valence-corrected chi connectivity index (χ3v) is 4.26. The first-order valence-electron chi connectivity index (χ1n) is 8.88. The Hall–Kier alpha value is -3.74. The lowest BCUT2D eigenvalue weighted by molar-refractivity contribution is 0.251. The molecule has 0 saturated heterocycles. The molecule has 0 atom stereocenters. The number of rotatable bonds is 5. The average Bonchev–Trinajstić information content (AvgIpc) is 3.09. The predicted molar refractivity (Wildman–Crippen MR) is 106 cm³/mol. The molecule has 2 heterocycles. The third-order valence-electron chi connectivity index (χ3n) is 4.26. The van der Waals surface area contributed by atoms with Crippen molar-refractivity contribution in [1.29, 1.82) is 0 Å². The topological polar surface area (TPSA) is 71.8 Å². The highest BCUT2D eigenvalue weighted by Crippen LogP contribution is 2.23. The molecule has 0 fully saturated rings. The van der Waals surface area contributed by atoms with Gasteiger partial charge in [-0.3, -0.25) is 0 Å². The van der Waals surface area contributed by atoms with Crippen LogP contribution in [0.15, 0.2) is 72.9 Å². The summed E-state index contributed by atoms with van der Waals surface area (Å²) in [5.74, 6) is 0.453. The van der Waals surface area contributed by atoms with Crippen molar-refractivity contribution in [3.63, 3.8) is 0 Å². The van der Waals surface area contributed by atoms with E-state index in [1.165, 1.54) is 24.3 Å². The molecule has 0 saturated carbocycles. The summed E-state index contributed by atoms with van der Waals surface area (Å²) in [5, 5.41) is 5.48. The zero-order valence-corrected chi connectivity index (χ0v) is 15.0. The summed E-state index contributed by atoms with van der Waals surface area (Å²) in [4.78, 5) is 21.2. The van der Waals surface area contributed by atoms with Gasteiger partial charge in [-0.2, -0.15) is 0 Å². The smallest absolute Gasteiger partial charge is 0.319 e. The van der Waals surface area contributed by atoms with Crippen molar-refractivity contribution in [2.75, 3.05) is 11.9 Å². The van der Waals surface area contributed by atoms with E-state index in [0.717, 1.165) is 22.6 Å². The first-order valence-corrected chi connectivity index (χ1v) is 8.88. The number of urea groups is 1. The van der Waals surface area contributed by atoms with Gasteiger partial charge in [0.05, 0.1) is 0 Å². The number of amides is 2. The number of hydrogen-bond acceptors (Lipinski definition) is 3. The van der Waals surface area contributed by atoms with Gasteiger partial charge in [0.15, 0.2) is 5.65 Å². The Morgan fingerprint density at radius 3 is 2.57 bits per heavy atom. The Bertz CT molecular complexity index is 1090. The molecule has 0 unspecified atom stereocenters. The summed E-state index contributed by atoms with van der Waals surface area (Å²) in [6.45, 7) is 0.892. The molecule has 28 heavy (non-hydrogen) atoms. The molecule has 4 aromatic rings. The summed E-state index contributed by atoms with van der Waals surface area (Å²) in [5.41, 5.74) is 3.08. The van der Waals surface area contributed by atoms with E-state index >= 15 is 0 Å². The average molecular weight is 375 g/mol. The van der Waals surface area contributed by atoms with E-state index in [-0.39, 0.29) is 11.8 Å².